The van der Waals surface area contributed by atoms with Gasteiger partial charge in [0.15, 0.2) is 0 Å². The lowest BCUT2D eigenvalue weighted by Crippen LogP contribution is -2.44. The summed E-state index contributed by atoms with van der Waals surface area (Å²) in [7, 11) is 0. The van der Waals surface area contributed by atoms with Crippen molar-refractivity contribution in [2.75, 3.05) is 6.54 Å². The molecule has 22 heavy (non-hydrogen) atoms. The molecule has 0 aromatic carbocycles. The average molecular weight is 302 g/mol. The minimum absolute atomic E-state index is 0.0984. The van der Waals surface area contributed by atoms with Crippen molar-refractivity contribution >= 4 is 22.8 Å². The van der Waals surface area contributed by atoms with Crippen LogP contribution in [0, 0.1) is 5.41 Å². The normalized spacial score (nSPS) is 13.7. The number of nitrogens with two attached hydrogens (primary N) is 1. The maximum atomic E-state index is 12.0. The summed E-state index contributed by atoms with van der Waals surface area (Å²) in [5.74, 6) is -0.491. The number of aromatic nitrogens is 2. The van der Waals surface area contributed by atoms with Crippen LogP contribution in [0.2, 0.25) is 0 Å². The Bertz CT molecular complexity index is 680. The van der Waals surface area contributed by atoms with Crippen LogP contribution in [0.25, 0.3) is 11.0 Å². The van der Waals surface area contributed by atoms with Crippen LogP contribution in [0.4, 0.5) is 0 Å². The van der Waals surface area contributed by atoms with Gasteiger partial charge < -0.3 is 15.6 Å². The van der Waals surface area contributed by atoms with E-state index in [-0.39, 0.29) is 12.5 Å². The van der Waals surface area contributed by atoms with Crippen LogP contribution in [-0.4, -0.2) is 27.9 Å². The quantitative estimate of drug-likeness (QED) is 0.811. The van der Waals surface area contributed by atoms with Gasteiger partial charge in [0.05, 0.1) is 5.41 Å². The van der Waals surface area contributed by atoms with Crippen LogP contribution >= 0.6 is 0 Å². The molecule has 2 aromatic heterocycles. The molecule has 118 valence electrons. The molecule has 0 aliphatic carbocycles. The van der Waals surface area contributed by atoms with Crippen molar-refractivity contribution in [2.45, 2.75) is 33.2 Å². The van der Waals surface area contributed by atoms with Gasteiger partial charge in [-0.3, -0.25) is 9.59 Å². The molecule has 3 N–H and O–H groups in total. The van der Waals surface area contributed by atoms with E-state index in [1.807, 2.05) is 35.9 Å². The number of hydrogen-bond donors (Lipinski definition) is 2. The SMILES string of the molecule is CCC(C)(CNC(=O)CCn1ccc2cccnc21)C(N)=O. The highest BCUT2D eigenvalue weighted by Crippen LogP contribution is 2.19. The number of rotatable bonds is 7. The Balaban J connectivity index is 1.89. The monoisotopic (exact) mass is 302 g/mol. The molecule has 2 aromatic rings. The lowest BCUT2D eigenvalue weighted by molar-refractivity contribution is -0.128. The number of primary amides is 1. The summed E-state index contributed by atoms with van der Waals surface area (Å²) < 4.78 is 1.95. The minimum Gasteiger partial charge on any atom is -0.369 e. The number of nitrogens with zero attached hydrogens (tertiary/aromatic N) is 2. The first-order valence-electron chi connectivity index (χ1n) is 7.43. The number of amides is 2. The number of fused-ring (bicyclic) bond motifs is 1. The zero-order valence-corrected chi connectivity index (χ0v) is 13.0. The van der Waals surface area contributed by atoms with Gasteiger partial charge in [-0.15, -0.1) is 0 Å². The number of pyridine rings is 1. The van der Waals surface area contributed by atoms with Gasteiger partial charge in [0.1, 0.15) is 5.65 Å². The fourth-order valence-corrected chi connectivity index (χ4v) is 2.19. The zero-order valence-electron chi connectivity index (χ0n) is 13.0. The van der Waals surface area contributed by atoms with Crippen molar-refractivity contribution in [1.82, 2.24) is 14.9 Å². The van der Waals surface area contributed by atoms with E-state index in [1.54, 1.807) is 13.1 Å². The maximum Gasteiger partial charge on any atom is 0.225 e. The molecule has 0 spiro atoms. The molecule has 0 bridgehead atoms. The van der Waals surface area contributed by atoms with Crippen molar-refractivity contribution in [3.63, 3.8) is 0 Å². The van der Waals surface area contributed by atoms with Gasteiger partial charge in [-0.1, -0.05) is 6.92 Å². The van der Waals surface area contributed by atoms with Crippen LogP contribution in [-0.2, 0) is 16.1 Å². The third-order valence-electron chi connectivity index (χ3n) is 4.15. The average Bonchev–Trinajstić information content (AvgIpc) is 2.93. The summed E-state index contributed by atoms with van der Waals surface area (Å²) >= 11 is 0. The molecule has 0 saturated carbocycles. The molecule has 0 saturated heterocycles. The maximum absolute atomic E-state index is 12.0. The summed E-state index contributed by atoms with van der Waals surface area (Å²) in [5.41, 5.74) is 5.55. The minimum atomic E-state index is -0.697. The van der Waals surface area contributed by atoms with E-state index in [1.165, 1.54) is 0 Å². The predicted molar refractivity (Wildman–Crippen MR) is 85.0 cm³/mol. The van der Waals surface area contributed by atoms with E-state index >= 15 is 0 Å². The van der Waals surface area contributed by atoms with Crippen molar-refractivity contribution < 1.29 is 9.59 Å². The lowest BCUT2D eigenvalue weighted by Gasteiger charge is -2.24. The molecule has 1 unspecified atom stereocenters. The van der Waals surface area contributed by atoms with Crippen molar-refractivity contribution in [1.29, 1.82) is 0 Å². The standard InChI is InChI=1S/C16H22N4O2/c1-3-16(2,15(17)22)11-19-13(21)7-10-20-9-6-12-5-4-8-18-14(12)20/h4-6,8-9H,3,7,10-11H2,1-2H3,(H2,17,22)(H,19,21). The van der Waals surface area contributed by atoms with E-state index in [4.69, 9.17) is 5.73 Å². The fraction of sp³-hybridized carbons (Fsp3) is 0.438. The number of carbonyl (C=O) groups excluding carboxylic acids is 2. The second kappa shape index (κ2) is 6.60. The number of nitrogens with one attached hydrogen (secondary N) is 1. The van der Waals surface area contributed by atoms with Crippen molar-refractivity contribution in [3.05, 3.63) is 30.6 Å². The third-order valence-corrected chi connectivity index (χ3v) is 4.15. The van der Waals surface area contributed by atoms with Gasteiger partial charge in [-0.25, -0.2) is 4.98 Å². The smallest absolute Gasteiger partial charge is 0.225 e. The predicted octanol–water partition coefficient (Wildman–Crippen LogP) is 1.44. The van der Waals surface area contributed by atoms with Gasteiger partial charge in [-0.05, 0) is 31.5 Å². The zero-order chi connectivity index (χ0) is 16.2. The lowest BCUT2D eigenvalue weighted by atomic mass is 9.87. The molecule has 0 aliphatic rings. The molecule has 0 fully saturated rings. The molecule has 2 rings (SSSR count). The molecule has 2 amide bonds. The third kappa shape index (κ3) is 3.44. The van der Waals surface area contributed by atoms with E-state index < -0.39 is 11.3 Å². The molecular weight excluding hydrogens is 280 g/mol. The Morgan fingerprint density at radius 1 is 1.41 bits per heavy atom. The van der Waals surface area contributed by atoms with Crippen LogP contribution in [0.3, 0.4) is 0 Å². The fourth-order valence-electron chi connectivity index (χ4n) is 2.19. The van der Waals surface area contributed by atoms with E-state index in [0.717, 1.165) is 11.0 Å². The van der Waals surface area contributed by atoms with E-state index in [0.29, 0.717) is 19.4 Å². The summed E-state index contributed by atoms with van der Waals surface area (Å²) in [6, 6.07) is 5.84. The number of carbonyl (C=O) groups is 2. The van der Waals surface area contributed by atoms with Crippen LogP contribution < -0.4 is 11.1 Å². The Hall–Kier alpha value is -2.37. The van der Waals surface area contributed by atoms with Crippen molar-refractivity contribution in [3.8, 4) is 0 Å². The van der Waals surface area contributed by atoms with E-state index in [9.17, 15) is 9.59 Å². The molecule has 0 aliphatic heterocycles. The van der Waals surface area contributed by atoms with Gasteiger partial charge >= 0.3 is 0 Å². The highest BCUT2D eigenvalue weighted by atomic mass is 16.2. The summed E-state index contributed by atoms with van der Waals surface area (Å²) in [5, 5.41) is 3.84. The largest absolute Gasteiger partial charge is 0.369 e. The van der Waals surface area contributed by atoms with E-state index in [2.05, 4.69) is 10.3 Å². The van der Waals surface area contributed by atoms with Gasteiger partial charge in [-0.2, -0.15) is 0 Å². The Morgan fingerprint density at radius 2 is 2.18 bits per heavy atom. The van der Waals surface area contributed by atoms with Gasteiger partial charge in [0.25, 0.3) is 0 Å². The summed E-state index contributed by atoms with van der Waals surface area (Å²) in [4.78, 5) is 27.7. The van der Waals surface area contributed by atoms with Crippen LogP contribution in [0.5, 0.6) is 0 Å². The topological polar surface area (TPSA) is 90.0 Å². The Labute approximate surface area is 129 Å². The molecule has 1 atom stereocenters. The molecule has 6 nitrogen and oxygen atoms in total. The van der Waals surface area contributed by atoms with Gasteiger partial charge in [0, 0.05) is 37.3 Å². The highest BCUT2D eigenvalue weighted by Gasteiger charge is 2.29. The number of hydrogen-bond acceptors (Lipinski definition) is 3. The first-order valence-corrected chi connectivity index (χ1v) is 7.43. The Morgan fingerprint density at radius 3 is 2.86 bits per heavy atom. The highest BCUT2D eigenvalue weighted by molar-refractivity contribution is 5.82. The summed E-state index contributed by atoms with van der Waals surface area (Å²) in [6.07, 6.45) is 4.58. The first-order chi connectivity index (χ1) is 10.5. The molecular formula is C16H22N4O2. The van der Waals surface area contributed by atoms with Gasteiger partial charge in [0.2, 0.25) is 11.8 Å². The molecule has 2 heterocycles. The Kier molecular flexibility index (Phi) is 4.80. The summed E-state index contributed by atoms with van der Waals surface area (Å²) in [6.45, 7) is 4.46. The second-order valence-corrected chi connectivity index (χ2v) is 5.73. The van der Waals surface area contributed by atoms with Crippen molar-refractivity contribution in [2.24, 2.45) is 11.1 Å². The molecule has 0 radical (unpaired) electrons. The second-order valence-electron chi connectivity index (χ2n) is 5.73. The molecule has 6 heteroatoms. The van der Waals surface area contributed by atoms with Crippen LogP contribution in [0.15, 0.2) is 30.6 Å². The van der Waals surface area contributed by atoms with Crippen LogP contribution in [0.1, 0.15) is 26.7 Å². The number of aryl methyl sites for hydroxylation is 1. The first kappa shape index (κ1) is 16.0.